The quantitative estimate of drug-likeness (QED) is 0.849. The van der Waals surface area contributed by atoms with E-state index in [2.05, 4.69) is 34.3 Å². The standard InChI is InChI=1S/C20H24N2O2/c1-15-12-17(21-24-15)13-22-11-8-16-4-2-3-5-19(16)20(14-22)9-6-18(23)7-10-20/h2-5,12H,6-11,13-14H2,1H3. The molecule has 1 fully saturated rings. The molecular formula is C20H24N2O2. The van der Waals surface area contributed by atoms with Crippen molar-refractivity contribution >= 4 is 5.78 Å². The molecule has 1 aliphatic heterocycles. The monoisotopic (exact) mass is 324 g/mol. The number of Topliss-reactive ketones (excluding diaryl/α,β-unsaturated/α-hetero) is 1. The summed E-state index contributed by atoms with van der Waals surface area (Å²) in [6.45, 7) is 4.78. The first kappa shape index (κ1) is 15.6. The van der Waals surface area contributed by atoms with Crippen LogP contribution in [0.5, 0.6) is 0 Å². The summed E-state index contributed by atoms with van der Waals surface area (Å²) in [5.41, 5.74) is 4.03. The maximum Gasteiger partial charge on any atom is 0.133 e. The maximum atomic E-state index is 11.8. The van der Waals surface area contributed by atoms with Crippen LogP contribution in [-0.4, -0.2) is 28.9 Å². The fourth-order valence-corrected chi connectivity index (χ4v) is 4.42. The van der Waals surface area contributed by atoms with E-state index in [4.69, 9.17) is 4.52 Å². The van der Waals surface area contributed by atoms with Crippen LogP contribution in [0, 0.1) is 6.92 Å². The third kappa shape index (κ3) is 2.91. The lowest BCUT2D eigenvalue weighted by Gasteiger charge is -2.40. The van der Waals surface area contributed by atoms with Gasteiger partial charge in [0.05, 0.1) is 5.69 Å². The Bertz CT molecular complexity index is 740. The lowest BCUT2D eigenvalue weighted by atomic mass is 9.68. The van der Waals surface area contributed by atoms with E-state index in [1.54, 1.807) is 0 Å². The highest BCUT2D eigenvalue weighted by Crippen LogP contribution is 2.42. The van der Waals surface area contributed by atoms with Gasteiger partial charge in [-0.2, -0.15) is 0 Å². The summed E-state index contributed by atoms with van der Waals surface area (Å²) in [5, 5.41) is 4.16. The van der Waals surface area contributed by atoms with Crippen molar-refractivity contribution in [1.29, 1.82) is 0 Å². The van der Waals surface area contributed by atoms with E-state index < -0.39 is 0 Å². The Morgan fingerprint density at radius 2 is 2.00 bits per heavy atom. The molecule has 1 saturated carbocycles. The molecule has 4 heteroatoms. The van der Waals surface area contributed by atoms with E-state index in [-0.39, 0.29) is 5.41 Å². The van der Waals surface area contributed by atoms with Gasteiger partial charge in [-0.1, -0.05) is 29.4 Å². The molecule has 1 spiro atoms. The van der Waals surface area contributed by atoms with Gasteiger partial charge in [0.15, 0.2) is 0 Å². The maximum absolute atomic E-state index is 11.8. The van der Waals surface area contributed by atoms with Crippen molar-refractivity contribution in [2.75, 3.05) is 13.1 Å². The van der Waals surface area contributed by atoms with Crippen LogP contribution in [0.1, 0.15) is 48.3 Å². The summed E-state index contributed by atoms with van der Waals surface area (Å²) in [4.78, 5) is 14.3. The van der Waals surface area contributed by atoms with Gasteiger partial charge in [0, 0.05) is 44.0 Å². The molecule has 126 valence electrons. The highest BCUT2D eigenvalue weighted by molar-refractivity contribution is 5.79. The summed E-state index contributed by atoms with van der Waals surface area (Å²) >= 11 is 0. The third-order valence-electron chi connectivity index (χ3n) is 5.64. The number of ketones is 1. The summed E-state index contributed by atoms with van der Waals surface area (Å²) < 4.78 is 5.23. The second kappa shape index (κ2) is 6.17. The average Bonchev–Trinajstić information content (AvgIpc) is 2.93. The first-order chi connectivity index (χ1) is 11.6. The SMILES string of the molecule is Cc1cc(CN2CCc3ccccc3C3(CCC(=O)CC3)C2)no1. The largest absolute Gasteiger partial charge is 0.361 e. The van der Waals surface area contributed by atoms with E-state index in [0.29, 0.717) is 18.6 Å². The molecule has 0 N–H and O–H groups in total. The van der Waals surface area contributed by atoms with E-state index in [9.17, 15) is 4.79 Å². The Labute approximate surface area is 142 Å². The lowest BCUT2D eigenvalue weighted by molar-refractivity contribution is -0.121. The van der Waals surface area contributed by atoms with Crippen LogP contribution >= 0.6 is 0 Å². The van der Waals surface area contributed by atoms with Crippen LogP contribution in [0.4, 0.5) is 0 Å². The van der Waals surface area contributed by atoms with Gasteiger partial charge in [0.2, 0.25) is 0 Å². The number of hydrogen-bond acceptors (Lipinski definition) is 4. The summed E-state index contributed by atoms with van der Waals surface area (Å²) in [6, 6.07) is 10.9. The molecule has 0 atom stereocenters. The van der Waals surface area contributed by atoms with Gasteiger partial charge in [0.25, 0.3) is 0 Å². The van der Waals surface area contributed by atoms with Gasteiger partial charge in [-0.05, 0) is 37.3 Å². The first-order valence-electron chi connectivity index (χ1n) is 8.89. The molecule has 1 aromatic heterocycles. The smallest absolute Gasteiger partial charge is 0.133 e. The highest BCUT2D eigenvalue weighted by atomic mass is 16.5. The number of nitrogens with zero attached hydrogens (tertiary/aromatic N) is 2. The number of carbonyl (C=O) groups is 1. The normalized spacial score (nSPS) is 20.8. The Balaban J connectivity index is 1.64. The van der Waals surface area contributed by atoms with Crippen LogP contribution in [0.15, 0.2) is 34.9 Å². The third-order valence-corrected chi connectivity index (χ3v) is 5.64. The fourth-order valence-electron chi connectivity index (χ4n) is 4.42. The minimum Gasteiger partial charge on any atom is -0.361 e. The summed E-state index contributed by atoms with van der Waals surface area (Å²) in [7, 11) is 0. The number of aromatic nitrogens is 1. The van der Waals surface area contributed by atoms with Crippen molar-refractivity contribution in [3.8, 4) is 0 Å². The van der Waals surface area contributed by atoms with Gasteiger partial charge < -0.3 is 4.52 Å². The molecule has 0 unspecified atom stereocenters. The second-order valence-corrected chi connectivity index (χ2v) is 7.37. The molecule has 1 aromatic carbocycles. The predicted molar refractivity (Wildman–Crippen MR) is 91.8 cm³/mol. The van der Waals surface area contributed by atoms with Crippen LogP contribution in [0.3, 0.4) is 0 Å². The first-order valence-corrected chi connectivity index (χ1v) is 8.89. The molecule has 0 radical (unpaired) electrons. The predicted octanol–water partition coefficient (Wildman–Crippen LogP) is 3.42. The molecule has 1 aliphatic carbocycles. The zero-order valence-corrected chi connectivity index (χ0v) is 14.3. The van der Waals surface area contributed by atoms with Crippen molar-refractivity contribution in [1.82, 2.24) is 10.1 Å². The molecule has 0 bridgehead atoms. The minimum atomic E-state index is 0.111. The molecule has 2 heterocycles. The van der Waals surface area contributed by atoms with Crippen molar-refractivity contribution in [2.24, 2.45) is 0 Å². The molecule has 0 amide bonds. The Kier molecular flexibility index (Phi) is 4.01. The number of fused-ring (bicyclic) bond motifs is 2. The van der Waals surface area contributed by atoms with E-state index in [0.717, 1.165) is 50.4 Å². The van der Waals surface area contributed by atoms with Gasteiger partial charge in [-0.25, -0.2) is 0 Å². The van der Waals surface area contributed by atoms with Crippen molar-refractivity contribution in [2.45, 2.75) is 51.0 Å². The summed E-state index contributed by atoms with van der Waals surface area (Å²) in [6.07, 6.45) is 4.42. The topological polar surface area (TPSA) is 46.3 Å². The number of carbonyl (C=O) groups excluding carboxylic acids is 1. The molecule has 2 aromatic rings. The van der Waals surface area contributed by atoms with Crippen molar-refractivity contribution in [3.63, 3.8) is 0 Å². The molecule has 2 aliphatic rings. The zero-order valence-electron chi connectivity index (χ0n) is 14.3. The number of rotatable bonds is 2. The minimum absolute atomic E-state index is 0.111. The van der Waals surface area contributed by atoms with Crippen molar-refractivity contribution < 1.29 is 9.32 Å². The molecule has 0 saturated heterocycles. The van der Waals surface area contributed by atoms with E-state index in [1.165, 1.54) is 11.1 Å². The number of hydrogen-bond donors (Lipinski definition) is 0. The van der Waals surface area contributed by atoms with Gasteiger partial charge >= 0.3 is 0 Å². The number of benzene rings is 1. The average molecular weight is 324 g/mol. The van der Waals surface area contributed by atoms with Crippen LogP contribution in [-0.2, 0) is 23.2 Å². The zero-order chi connectivity index (χ0) is 16.6. The van der Waals surface area contributed by atoms with E-state index >= 15 is 0 Å². The number of aryl methyl sites for hydroxylation is 1. The Hall–Kier alpha value is -1.94. The highest BCUT2D eigenvalue weighted by Gasteiger charge is 2.40. The second-order valence-electron chi connectivity index (χ2n) is 7.37. The van der Waals surface area contributed by atoms with Crippen LogP contribution < -0.4 is 0 Å². The molecular weight excluding hydrogens is 300 g/mol. The van der Waals surface area contributed by atoms with Crippen LogP contribution in [0.25, 0.3) is 0 Å². The molecule has 24 heavy (non-hydrogen) atoms. The molecule has 4 nitrogen and oxygen atoms in total. The Morgan fingerprint density at radius 1 is 1.21 bits per heavy atom. The van der Waals surface area contributed by atoms with Crippen molar-refractivity contribution in [3.05, 3.63) is 52.9 Å². The van der Waals surface area contributed by atoms with Crippen LogP contribution in [0.2, 0.25) is 0 Å². The van der Waals surface area contributed by atoms with Gasteiger partial charge in [-0.3, -0.25) is 9.69 Å². The molecule has 4 rings (SSSR count). The van der Waals surface area contributed by atoms with Gasteiger partial charge in [-0.15, -0.1) is 0 Å². The van der Waals surface area contributed by atoms with Gasteiger partial charge in [0.1, 0.15) is 11.5 Å². The van der Waals surface area contributed by atoms with E-state index in [1.807, 2.05) is 13.0 Å². The fraction of sp³-hybridized carbons (Fsp3) is 0.500. The lowest BCUT2D eigenvalue weighted by Crippen LogP contribution is -2.42. The summed E-state index contributed by atoms with van der Waals surface area (Å²) in [5.74, 6) is 1.28. The Morgan fingerprint density at radius 3 is 2.75 bits per heavy atom.